The van der Waals surface area contributed by atoms with Crippen molar-refractivity contribution in [1.82, 2.24) is 0 Å². The van der Waals surface area contributed by atoms with E-state index in [0.717, 1.165) is 0 Å². The standard InChI is InChI=1S/C4H10N2O3/c5-3(4(6)9)2(8)1-7/h2-3,7-8H,1,5H2,(H2,6,9)/t2-,3+/m1/s1. The number of aliphatic hydroxyl groups is 2. The Morgan fingerprint density at radius 1 is 1.67 bits per heavy atom. The zero-order valence-electron chi connectivity index (χ0n) is 4.82. The Morgan fingerprint density at radius 3 is 2.22 bits per heavy atom. The van der Waals surface area contributed by atoms with Gasteiger partial charge in [-0.2, -0.15) is 0 Å². The lowest BCUT2D eigenvalue weighted by molar-refractivity contribution is -0.122. The second-order valence-electron chi connectivity index (χ2n) is 1.68. The number of hydrogen-bond acceptors (Lipinski definition) is 4. The Morgan fingerprint density at radius 2 is 2.11 bits per heavy atom. The number of aliphatic hydroxyl groups excluding tert-OH is 2. The van der Waals surface area contributed by atoms with E-state index in [2.05, 4.69) is 5.73 Å². The van der Waals surface area contributed by atoms with Crippen molar-refractivity contribution >= 4 is 5.91 Å². The van der Waals surface area contributed by atoms with Crippen LogP contribution >= 0.6 is 0 Å². The summed E-state index contributed by atoms with van der Waals surface area (Å²) in [5, 5.41) is 16.8. The molecular weight excluding hydrogens is 124 g/mol. The van der Waals surface area contributed by atoms with Gasteiger partial charge in [-0.3, -0.25) is 4.79 Å². The molecule has 6 N–H and O–H groups in total. The molecule has 0 aliphatic heterocycles. The van der Waals surface area contributed by atoms with Gasteiger partial charge in [-0.15, -0.1) is 0 Å². The number of rotatable bonds is 3. The number of amides is 1. The molecule has 0 aromatic heterocycles. The van der Waals surface area contributed by atoms with Gasteiger partial charge in [0, 0.05) is 0 Å². The van der Waals surface area contributed by atoms with Crippen LogP contribution in [0, 0.1) is 0 Å². The van der Waals surface area contributed by atoms with Crippen LogP contribution in [0.1, 0.15) is 0 Å². The fourth-order valence-corrected chi connectivity index (χ4v) is 0.303. The molecule has 5 nitrogen and oxygen atoms in total. The lowest BCUT2D eigenvalue weighted by atomic mass is 10.2. The predicted molar refractivity (Wildman–Crippen MR) is 30.3 cm³/mol. The summed E-state index contributed by atoms with van der Waals surface area (Å²) in [5.74, 6) is -0.823. The highest BCUT2D eigenvalue weighted by molar-refractivity contribution is 5.80. The number of carbonyl (C=O) groups is 1. The predicted octanol–water partition coefficient (Wildman–Crippen LogP) is -2.85. The van der Waals surface area contributed by atoms with Crippen LogP contribution in [-0.4, -0.2) is 34.9 Å². The maximum absolute atomic E-state index is 10.1. The minimum atomic E-state index is -1.25. The van der Waals surface area contributed by atoms with Crippen molar-refractivity contribution < 1.29 is 15.0 Å². The van der Waals surface area contributed by atoms with E-state index in [1.807, 2.05) is 0 Å². The fraction of sp³-hybridized carbons (Fsp3) is 0.750. The Bertz CT molecular complexity index is 106. The highest BCUT2D eigenvalue weighted by atomic mass is 16.3. The van der Waals surface area contributed by atoms with Crippen molar-refractivity contribution in [1.29, 1.82) is 0 Å². The van der Waals surface area contributed by atoms with Crippen molar-refractivity contribution in [3.8, 4) is 0 Å². The Balaban J connectivity index is 3.72. The first-order valence-electron chi connectivity index (χ1n) is 2.43. The van der Waals surface area contributed by atoms with Gasteiger partial charge < -0.3 is 21.7 Å². The van der Waals surface area contributed by atoms with Crippen LogP contribution in [0.3, 0.4) is 0 Å². The van der Waals surface area contributed by atoms with E-state index < -0.39 is 24.7 Å². The van der Waals surface area contributed by atoms with Gasteiger partial charge in [0.15, 0.2) is 0 Å². The molecule has 0 saturated carbocycles. The minimum Gasteiger partial charge on any atom is -0.394 e. The lowest BCUT2D eigenvalue weighted by Gasteiger charge is -2.11. The van der Waals surface area contributed by atoms with Gasteiger partial charge in [-0.05, 0) is 0 Å². The van der Waals surface area contributed by atoms with Crippen LogP contribution in [0.5, 0.6) is 0 Å². The molecule has 0 unspecified atom stereocenters. The molecule has 0 saturated heterocycles. The van der Waals surface area contributed by atoms with Crippen LogP contribution < -0.4 is 11.5 Å². The van der Waals surface area contributed by atoms with E-state index in [-0.39, 0.29) is 0 Å². The number of primary amides is 1. The molecule has 0 radical (unpaired) electrons. The fourth-order valence-electron chi connectivity index (χ4n) is 0.303. The summed E-state index contributed by atoms with van der Waals surface area (Å²) in [6.45, 7) is -0.551. The molecule has 54 valence electrons. The Hall–Kier alpha value is -0.650. The quantitative estimate of drug-likeness (QED) is 0.333. The third-order valence-electron chi connectivity index (χ3n) is 0.930. The molecule has 0 aromatic rings. The van der Waals surface area contributed by atoms with Gasteiger partial charge in [0.05, 0.1) is 6.61 Å². The molecule has 0 bridgehead atoms. The van der Waals surface area contributed by atoms with E-state index in [1.54, 1.807) is 0 Å². The van der Waals surface area contributed by atoms with Crippen molar-refractivity contribution in [3.63, 3.8) is 0 Å². The summed E-state index contributed by atoms with van der Waals surface area (Å²) in [6, 6.07) is -1.17. The molecule has 0 rings (SSSR count). The third kappa shape index (κ3) is 2.41. The smallest absolute Gasteiger partial charge is 0.237 e. The number of nitrogens with two attached hydrogens (primary N) is 2. The summed E-state index contributed by atoms with van der Waals surface area (Å²) in [6.07, 6.45) is -1.25. The molecule has 0 aliphatic carbocycles. The van der Waals surface area contributed by atoms with Crippen LogP contribution in [0.2, 0.25) is 0 Å². The molecule has 9 heavy (non-hydrogen) atoms. The monoisotopic (exact) mass is 134 g/mol. The highest BCUT2D eigenvalue weighted by Gasteiger charge is 2.18. The van der Waals surface area contributed by atoms with Crippen molar-refractivity contribution in [2.45, 2.75) is 12.1 Å². The molecule has 0 aliphatic rings. The molecular formula is C4H10N2O3. The largest absolute Gasteiger partial charge is 0.394 e. The van der Waals surface area contributed by atoms with Crippen LogP contribution in [0.15, 0.2) is 0 Å². The van der Waals surface area contributed by atoms with Crippen molar-refractivity contribution in [2.24, 2.45) is 11.5 Å². The van der Waals surface area contributed by atoms with E-state index in [0.29, 0.717) is 0 Å². The minimum absolute atomic E-state index is 0.551. The maximum Gasteiger partial charge on any atom is 0.237 e. The van der Waals surface area contributed by atoms with Crippen LogP contribution in [0.25, 0.3) is 0 Å². The van der Waals surface area contributed by atoms with Crippen molar-refractivity contribution in [3.05, 3.63) is 0 Å². The van der Waals surface area contributed by atoms with Gasteiger partial charge in [0.25, 0.3) is 0 Å². The van der Waals surface area contributed by atoms with Gasteiger partial charge in [0.1, 0.15) is 12.1 Å². The van der Waals surface area contributed by atoms with E-state index in [1.165, 1.54) is 0 Å². The van der Waals surface area contributed by atoms with E-state index >= 15 is 0 Å². The second-order valence-corrected chi connectivity index (χ2v) is 1.68. The number of hydrogen-bond donors (Lipinski definition) is 4. The third-order valence-corrected chi connectivity index (χ3v) is 0.930. The topological polar surface area (TPSA) is 110 Å². The summed E-state index contributed by atoms with van der Waals surface area (Å²) < 4.78 is 0. The Kier molecular flexibility index (Phi) is 3.15. The van der Waals surface area contributed by atoms with E-state index in [9.17, 15) is 4.79 Å². The summed E-state index contributed by atoms with van der Waals surface area (Å²) in [4.78, 5) is 10.1. The average Bonchev–Trinajstić information content (AvgIpc) is 1.84. The van der Waals surface area contributed by atoms with Crippen molar-refractivity contribution in [2.75, 3.05) is 6.61 Å². The van der Waals surface area contributed by atoms with Gasteiger partial charge in [0.2, 0.25) is 5.91 Å². The van der Waals surface area contributed by atoms with Crippen LogP contribution in [-0.2, 0) is 4.79 Å². The maximum atomic E-state index is 10.1. The molecule has 0 heterocycles. The molecule has 0 aromatic carbocycles. The Labute approximate surface area is 52.3 Å². The summed E-state index contributed by atoms with van der Waals surface area (Å²) in [5.41, 5.74) is 9.66. The zero-order chi connectivity index (χ0) is 7.44. The van der Waals surface area contributed by atoms with E-state index in [4.69, 9.17) is 15.9 Å². The molecule has 2 atom stereocenters. The normalized spacial score (nSPS) is 16.8. The first-order chi connectivity index (χ1) is 4.09. The second kappa shape index (κ2) is 3.39. The molecule has 5 heteroatoms. The average molecular weight is 134 g/mol. The molecule has 0 spiro atoms. The number of carbonyl (C=O) groups excluding carboxylic acids is 1. The lowest BCUT2D eigenvalue weighted by Crippen LogP contribution is -2.47. The summed E-state index contributed by atoms with van der Waals surface area (Å²) >= 11 is 0. The van der Waals surface area contributed by atoms with Gasteiger partial charge >= 0.3 is 0 Å². The van der Waals surface area contributed by atoms with Crippen LogP contribution in [0.4, 0.5) is 0 Å². The molecule has 0 fully saturated rings. The SMILES string of the molecule is NC(=O)[C@@H](N)[C@H](O)CO. The zero-order valence-corrected chi connectivity index (χ0v) is 4.82. The summed E-state index contributed by atoms with van der Waals surface area (Å²) in [7, 11) is 0. The van der Waals surface area contributed by atoms with Gasteiger partial charge in [-0.1, -0.05) is 0 Å². The first kappa shape index (κ1) is 8.35. The van der Waals surface area contributed by atoms with Gasteiger partial charge in [-0.25, -0.2) is 0 Å². The first-order valence-corrected chi connectivity index (χ1v) is 2.43. The highest BCUT2D eigenvalue weighted by Crippen LogP contribution is 1.85. The molecule has 1 amide bonds.